The van der Waals surface area contributed by atoms with Gasteiger partial charge in [0, 0.05) is 35.2 Å². The molecule has 1 saturated heterocycles. The summed E-state index contributed by atoms with van der Waals surface area (Å²) in [6, 6.07) is 13.2. The number of halogens is 3. The standard InChI is InChI=1S/C18H18Cl2N2O2.ClH/c19-13-5-6-15(16(20)9-13)14-4-2-1-3-12(14)10-22-18(23)17-11-21-7-8-24-17;/h1-6,9,17,21H,7-8,10-11H2,(H,22,23);1H. The van der Waals surface area contributed by atoms with Gasteiger partial charge in [0.15, 0.2) is 0 Å². The summed E-state index contributed by atoms with van der Waals surface area (Å²) < 4.78 is 5.47. The van der Waals surface area contributed by atoms with E-state index in [9.17, 15) is 4.79 Å². The van der Waals surface area contributed by atoms with Crippen molar-refractivity contribution in [1.29, 1.82) is 0 Å². The zero-order chi connectivity index (χ0) is 16.9. The Morgan fingerprint density at radius 2 is 2.00 bits per heavy atom. The van der Waals surface area contributed by atoms with Crippen LogP contribution in [0.4, 0.5) is 0 Å². The molecule has 0 aromatic heterocycles. The normalized spacial score (nSPS) is 16.8. The summed E-state index contributed by atoms with van der Waals surface area (Å²) in [7, 11) is 0. The molecule has 0 radical (unpaired) electrons. The van der Waals surface area contributed by atoms with Crippen molar-refractivity contribution in [3.05, 3.63) is 58.1 Å². The summed E-state index contributed by atoms with van der Waals surface area (Å²) in [6.07, 6.45) is -0.440. The number of carbonyl (C=O) groups is 1. The van der Waals surface area contributed by atoms with E-state index < -0.39 is 6.10 Å². The maximum absolute atomic E-state index is 12.2. The van der Waals surface area contributed by atoms with Crippen LogP contribution in [0.25, 0.3) is 11.1 Å². The van der Waals surface area contributed by atoms with Gasteiger partial charge in [-0.3, -0.25) is 4.79 Å². The lowest BCUT2D eigenvalue weighted by atomic mass is 9.99. The average Bonchev–Trinajstić information content (AvgIpc) is 2.61. The fraction of sp³-hybridized carbons (Fsp3) is 0.278. The molecule has 7 heteroatoms. The number of hydrogen-bond acceptors (Lipinski definition) is 3. The van der Waals surface area contributed by atoms with Gasteiger partial charge in [-0.15, -0.1) is 12.4 Å². The Balaban J connectivity index is 0.00000225. The van der Waals surface area contributed by atoms with E-state index in [4.69, 9.17) is 27.9 Å². The smallest absolute Gasteiger partial charge is 0.250 e. The summed E-state index contributed by atoms with van der Waals surface area (Å²) in [5.74, 6) is -0.112. The molecule has 4 nitrogen and oxygen atoms in total. The van der Waals surface area contributed by atoms with Crippen LogP contribution in [0.3, 0.4) is 0 Å². The van der Waals surface area contributed by atoms with Crippen molar-refractivity contribution >= 4 is 41.5 Å². The Morgan fingerprint density at radius 1 is 1.20 bits per heavy atom. The van der Waals surface area contributed by atoms with Gasteiger partial charge in [-0.2, -0.15) is 0 Å². The summed E-state index contributed by atoms with van der Waals surface area (Å²) in [4.78, 5) is 12.2. The lowest BCUT2D eigenvalue weighted by Gasteiger charge is -2.23. The van der Waals surface area contributed by atoms with Crippen LogP contribution in [0.2, 0.25) is 10.0 Å². The summed E-state index contributed by atoms with van der Waals surface area (Å²) in [5.41, 5.74) is 2.85. The largest absolute Gasteiger partial charge is 0.366 e. The summed E-state index contributed by atoms with van der Waals surface area (Å²) in [6.45, 7) is 2.28. The molecule has 3 rings (SSSR count). The molecule has 2 aromatic rings. The van der Waals surface area contributed by atoms with Crippen molar-refractivity contribution in [3.63, 3.8) is 0 Å². The SMILES string of the molecule is Cl.O=C(NCc1ccccc1-c1ccc(Cl)cc1Cl)C1CNCCO1. The highest BCUT2D eigenvalue weighted by Crippen LogP contribution is 2.32. The van der Waals surface area contributed by atoms with Crippen LogP contribution < -0.4 is 10.6 Å². The Hall–Kier alpha value is -1.30. The van der Waals surface area contributed by atoms with Crippen molar-refractivity contribution < 1.29 is 9.53 Å². The van der Waals surface area contributed by atoms with Gasteiger partial charge < -0.3 is 15.4 Å². The Bertz CT molecular complexity index is 734. The van der Waals surface area contributed by atoms with E-state index in [0.717, 1.165) is 23.2 Å². The van der Waals surface area contributed by atoms with Crippen LogP contribution in [0.1, 0.15) is 5.56 Å². The second kappa shape index (κ2) is 9.41. The molecule has 25 heavy (non-hydrogen) atoms. The highest BCUT2D eigenvalue weighted by molar-refractivity contribution is 6.36. The molecule has 2 aromatic carbocycles. The van der Waals surface area contributed by atoms with E-state index >= 15 is 0 Å². The van der Waals surface area contributed by atoms with Crippen LogP contribution in [0.15, 0.2) is 42.5 Å². The number of hydrogen-bond donors (Lipinski definition) is 2. The molecular weight excluding hydrogens is 383 g/mol. The first-order valence-electron chi connectivity index (χ1n) is 7.78. The lowest BCUT2D eigenvalue weighted by Crippen LogP contribution is -2.47. The van der Waals surface area contributed by atoms with Crippen LogP contribution in [-0.2, 0) is 16.1 Å². The maximum Gasteiger partial charge on any atom is 0.250 e. The minimum atomic E-state index is -0.440. The first kappa shape index (κ1) is 20.0. The molecule has 1 amide bonds. The highest BCUT2D eigenvalue weighted by Gasteiger charge is 2.21. The first-order chi connectivity index (χ1) is 11.6. The van der Waals surface area contributed by atoms with Crippen molar-refractivity contribution in [1.82, 2.24) is 10.6 Å². The topological polar surface area (TPSA) is 50.4 Å². The van der Waals surface area contributed by atoms with Gasteiger partial charge in [-0.05, 0) is 23.3 Å². The molecule has 1 fully saturated rings. The Kier molecular flexibility index (Phi) is 7.54. The molecule has 0 spiro atoms. The van der Waals surface area contributed by atoms with Crippen LogP contribution in [0.5, 0.6) is 0 Å². The van der Waals surface area contributed by atoms with E-state index in [2.05, 4.69) is 10.6 Å². The third-order valence-electron chi connectivity index (χ3n) is 3.91. The maximum atomic E-state index is 12.2. The molecule has 0 saturated carbocycles. The Morgan fingerprint density at radius 3 is 2.72 bits per heavy atom. The molecule has 1 heterocycles. The van der Waals surface area contributed by atoms with E-state index in [1.165, 1.54) is 0 Å². The number of nitrogens with one attached hydrogen (secondary N) is 2. The van der Waals surface area contributed by atoms with Crippen LogP contribution >= 0.6 is 35.6 Å². The molecular formula is C18H19Cl3N2O2. The zero-order valence-electron chi connectivity index (χ0n) is 13.4. The lowest BCUT2D eigenvalue weighted by molar-refractivity contribution is -0.134. The van der Waals surface area contributed by atoms with Gasteiger partial charge in [-0.25, -0.2) is 0 Å². The zero-order valence-corrected chi connectivity index (χ0v) is 15.8. The molecule has 1 unspecified atom stereocenters. The van der Waals surface area contributed by atoms with Crippen LogP contribution in [0, 0.1) is 0 Å². The van der Waals surface area contributed by atoms with Gasteiger partial charge in [-0.1, -0.05) is 53.5 Å². The van der Waals surface area contributed by atoms with E-state index in [0.29, 0.717) is 29.7 Å². The van der Waals surface area contributed by atoms with E-state index in [-0.39, 0.29) is 18.3 Å². The Labute approximate surface area is 163 Å². The van der Waals surface area contributed by atoms with Crippen molar-refractivity contribution in [2.75, 3.05) is 19.7 Å². The predicted molar refractivity (Wildman–Crippen MR) is 104 cm³/mol. The fourth-order valence-corrected chi connectivity index (χ4v) is 3.19. The van der Waals surface area contributed by atoms with Crippen LogP contribution in [-0.4, -0.2) is 31.7 Å². The number of amides is 1. The van der Waals surface area contributed by atoms with Crippen molar-refractivity contribution in [3.8, 4) is 11.1 Å². The molecule has 1 atom stereocenters. The molecule has 1 aliphatic rings. The predicted octanol–water partition coefficient (Wildman–Crippen LogP) is 3.69. The van der Waals surface area contributed by atoms with Gasteiger partial charge in [0.25, 0.3) is 5.91 Å². The third kappa shape index (κ3) is 5.09. The molecule has 0 aliphatic carbocycles. The molecule has 1 aliphatic heterocycles. The first-order valence-corrected chi connectivity index (χ1v) is 8.54. The van der Waals surface area contributed by atoms with Gasteiger partial charge in [0.05, 0.1) is 6.61 Å². The summed E-state index contributed by atoms with van der Waals surface area (Å²) in [5, 5.41) is 7.26. The average molecular weight is 402 g/mol. The molecule has 134 valence electrons. The van der Waals surface area contributed by atoms with Gasteiger partial charge >= 0.3 is 0 Å². The third-order valence-corrected chi connectivity index (χ3v) is 4.46. The quantitative estimate of drug-likeness (QED) is 0.821. The molecule has 0 bridgehead atoms. The minimum absolute atomic E-state index is 0. The monoisotopic (exact) mass is 400 g/mol. The second-order valence-electron chi connectivity index (χ2n) is 5.56. The number of rotatable bonds is 4. The van der Waals surface area contributed by atoms with Crippen molar-refractivity contribution in [2.24, 2.45) is 0 Å². The van der Waals surface area contributed by atoms with Gasteiger partial charge in [0.1, 0.15) is 6.10 Å². The fourth-order valence-electron chi connectivity index (χ4n) is 2.68. The van der Waals surface area contributed by atoms with E-state index in [1.807, 2.05) is 30.3 Å². The van der Waals surface area contributed by atoms with Gasteiger partial charge in [0.2, 0.25) is 0 Å². The number of carbonyl (C=O) groups excluding carboxylic acids is 1. The molecule has 2 N–H and O–H groups in total. The highest BCUT2D eigenvalue weighted by atomic mass is 35.5. The van der Waals surface area contributed by atoms with Crippen molar-refractivity contribution in [2.45, 2.75) is 12.6 Å². The number of morpholine rings is 1. The number of benzene rings is 2. The second-order valence-corrected chi connectivity index (χ2v) is 6.41. The van der Waals surface area contributed by atoms with E-state index in [1.54, 1.807) is 12.1 Å². The number of ether oxygens (including phenoxy) is 1. The minimum Gasteiger partial charge on any atom is -0.366 e. The summed E-state index contributed by atoms with van der Waals surface area (Å²) >= 11 is 12.3.